The molecule has 0 heterocycles. The van der Waals surface area contributed by atoms with E-state index in [9.17, 15) is 14.3 Å². The Labute approximate surface area is 126 Å². The van der Waals surface area contributed by atoms with E-state index in [1.807, 2.05) is 0 Å². The first-order valence-electron chi connectivity index (χ1n) is 6.22. The maximum absolute atomic E-state index is 13.7. The number of hydrogen-bond acceptors (Lipinski definition) is 3. The smallest absolute Gasteiger partial charge is 0.254 e. The lowest BCUT2D eigenvalue weighted by molar-refractivity contribution is -0.143. The fourth-order valence-corrected chi connectivity index (χ4v) is 2.13. The van der Waals surface area contributed by atoms with E-state index in [2.05, 4.69) is 21.2 Å². The molecule has 0 aliphatic heterocycles. The highest BCUT2D eigenvalue weighted by Crippen LogP contribution is 2.16. The molecule has 0 bridgehead atoms. The topological polar surface area (TPSA) is 58.6 Å². The van der Waals surface area contributed by atoms with E-state index in [1.165, 1.54) is 20.1 Å². The van der Waals surface area contributed by atoms with Crippen LogP contribution < -0.4 is 5.32 Å². The number of aliphatic hydroxyl groups is 1. The van der Waals surface area contributed by atoms with E-state index < -0.39 is 11.5 Å². The van der Waals surface area contributed by atoms with Gasteiger partial charge in [0.2, 0.25) is 0 Å². The average Bonchev–Trinajstić information content (AvgIpc) is 2.32. The zero-order valence-corrected chi connectivity index (χ0v) is 13.3. The minimum absolute atomic E-state index is 0.0990. The Morgan fingerprint density at radius 1 is 1.60 bits per heavy atom. The summed E-state index contributed by atoms with van der Waals surface area (Å²) in [4.78, 5) is 11.9. The zero-order chi connectivity index (χ0) is 15.3. The van der Waals surface area contributed by atoms with Crippen LogP contribution in [-0.2, 0) is 16.0 Å². The normalized spacial score (nSPS) is 15.5. The molecule has 0 radical (unpaired) electrons. The molecule has 1 rings (SSSR count). The van der Waals surface area contributed by atoms with Crippen molar-refractivity contribution in [2.75, 3.05) is 13.7 Å². The molecule has 1 aromatic rings. The van der Waals surface area contributed by atoms with Gasteiger partial charge in [0.25, 0.3) is 5.91 Å². The number of benzene rings is 1. The van der Waals surface area contributed by atoms with Crippen LogP contribution >= 0.6 is 15.9 Å². The standard InChI is InChI=1S/C14H19BrFNO3/c1-9(17-13(18)14(2,19)8-20-3)6-10-4-5-11(15)7-12(10)16/h4-5,7,9,19H,6,8H2,1-3H3,(H,17,18). The minimum atomic E-state index is -1.60. The molecule has 1 aromatic carbocycles. The molecule has 2 N–H and O–H groups in total. The van der Waals surface area contributed by atoms with Crippen molar-refractivity contribution in [3.05, 3.63) is 34.1 Å². The van der Waals surface area contributed by atoms with Crippen molar-refractivity contribution in [1.82, 2.24) is 5.32 Å². The Kier molecular flexibility index (Phi) is 6.10. The highest BCUT2D eigenvalue weighted by Gasteiger charge is 2.31. The molecule has 0 aliphatic rings. The van der Waals surface area contributed by atoms with Gasteiger partial charge in [-0.25, -0.2) is 4.39 Å². The van der Waals surface area contributed by atoms with Gasteiger partial charge in [-0.05, 0) is 38.0 Å². The Balaban J connectivity index is 2.63. The predicted octanol–water partition coefficient (Wildman–Crippen LogP) is 2.03. The van der Waals surface area contributed by atoms with Gasteiger partial charge in [-0.1, -0.05) is 22.0 Å². The fourth-order valence-electron chi connectivity index (χ4n) is 1.79. The number of carbonyl (C=O) groups excluding carboxylic acids is 1. The summed E-state index contributed by atoms with van der Waals surface area (Å²) in [6.07, 6.45) is 0.341. The molecule has 20 heavy (non-hydrogen) atoms. The largest absolute Gasteiger partial charge is 0.381 e. The van der Waals surface area contributed by atoms with Crippen LogP contribution in [0.5, 0.6) is 0 Å². The van der Waals surface area contributed by atoms with Crippen LogP contribution in [0.1, 0.15) is 19.4 Å². The van der Waals surface area contributed by atoms with E-state index in [0.717, 1.165) is 0 Å². The summed E-state index contributed by atoms with van der Waals surface area (Å²) in [5.74, 6) is -0.867. The van der Waals surface area contributed by atoms with Crippen LogP contribution in [0.2, 0.25) is 0 Å². The van der Waals surface area contributed by atoms with Gasteiger partial charge in [0.05, 0.1) is 6.61 Å². The van der Waals surface area contributed by atoms with Gasteiger partial charge in [0, 0.05) is 17.6 Å². The molecule has 0 fully saturated rings. The van der Waals surface area contributed by atoms with Gasteiger partial charge in [-0.15, -0.1) is 0 Å². The van der Waals surface area contributed by atoms with Crippen LogP contribution in [0, 0.1) is 5.82 Å². The SMILES string of the molecule is COCC(C)(O)C(=O)NC(C)Cc1ccc(Br)cc1F. The van der Waals surface area contributed by atoms with Crippen LogP contribution in [-0.4, -0.2) is 36.4 Å². The molecular weight excluding hydrogens is 329 g/mol. The second kappa shape index (κ2) is 7.15. The molecule has 2 atom stereocenters. The van der Waals surface area contributed by atoms with Crippen molar-refractivity contribution in [1.29, 1.82) is 0 Å². The molecule has 2 unspecified atom stereocenters. The number of ether oxygens (including phenoxy) is 1. The number of hydrogen-bond donors (Lipinski definition) is 2. The molecule has 1 amide bonds. The first-order valence-corrected chi connectivity index (χ1v) is 7.02. The van der Waals surface area contributed by atoms with Gasteiger partial charge in [-0.3, -0.25) is 4.79 Å². The van der Waals surface area contributed by atoms with Crippen LogP contribution in [0.25, 0.3) is 0 Å². The molecule has 0 aliphatic carbocycles. The van der Waals surface area contributed by atoms with Crippen molar-refractivity contribution in [3.63, 3.8) is 0 Å². The van der Waals surface area contributed by atoms with E-state index in [-0.39, 0.29) is 18.5 Å². The molecule has 4 nitrogen and oxygen atoms in total. The highest BCUT2D eigenvalue weighted by atomic mass is 79.9. The quantitative estimate of drug-likeness (QED) is 0.827. The van der Waals surface area contributed by atoms with Crippen molar-refractivity contribution in [2.24, 2.45) is 0 Å². The number of amides is 1. The molecule has 0 spiro atoms. The summed E-state index contributed by atoms with van der Waals surface area (Å²) in [7, 11) is 1.41. The Hall–Kier alpha value is -0.980. The Morgan fingerprint density at radius 2 is 2.25 bits per heavy atom. The van der Waals surface area contributed by atoms with E-state index >= 15 is 0 Å². The first kappa shape index (κ1) is 17.1. The zero-order valence-electron chi connectivity index (χ0n) is 11.7. The van der Waals surface area contributed by atoms with E-state index in [4.69, 9.17) is 4.74 Å². The third-order valence-corrected chi connectivity index (χ3v) is 3.33. The van der Waals surface area contributed by atoms with Gasteiger partial charge < -0.3 is 15.2 Å². The molecule has 0 saturated carbocycles. The molecule has 112 valence electrons. The summed E-state index contributed by atoms with van der Waals surface area (Å²) in [5, 5.41) is 12.5. The lowest BCUT2D eigenvalue weighted by Crippen LogP contribution is -2.50. The second-order valence-corrected chi connectivity index (χ2v) is 5.94. The summed E-state index contributed by atoms with van der Waals surface area (Å²) >= 11 is 3.19. The second-order valence-electron chi connectivity index (χ2n) is 5.02. The molecule has 0 aromatic heterocycles. The minimum Gasteiger partial charge on any atom is -0.381 e. The maximum atomic E-state index is 13.7. The third-order valence-electron chi connectivity index (χ3n) is 2.83. The lowest BCUT2D eigenvalue weighted by Gasteiger charge is -2.24. The Morgan fingerprint density at radius 3 is 2.80 bits per heavy atom. The first-order chi connectivity index (χ1) is 9.26. The van der Waals surface area contributed by atoms with Gasteiger partial charge >= 0.3 is 0 Å². The van der Waals surface area contributed by atoms with Crippen molar-refractivity contribution >= 4 is 21.8 Å². The van der Waals surface area contributed by atoms with Gasteiger partial charge in [0.1, 0.15) is 5.82 Å². The monoisotopic (exact) mass is 347 g/mol. The predicted molar refractivity (Wildman–Crippen MR) is 77.9 cm³/mol. The molecule has 6 heteroatoms. The summed E-state index contributed by atoms with van der Waals surface area (Å²) in [5.41, 5.74) is -1.09. The third kappa shape index (κ3) is 4.85. The van der Waals surface area contributed by atoms with Gasteiger partial charge in [-0.2, -0.15) is 0 Å². The molecule has 0 saturated heterocycles. The fraction of sp³-hybridized carbons (Fsp3) is 0.500. The number of carbonyl (C=O) groups is 1. The van der Waals surface area contributed by atoms with E-state index in [0.29, 0.717) is 16.5 Å². The van der Waals surface area contributed by atoms with Gasteiger partial charge in [0.15, 0.2) is 5.60 Å². The summed E-state index contributed by atoms with van der Waals surface area (Å²) in [6.45, 7) is 3.03. The van der Waals surface area contributed by atoms with Crippen molar-refractivity contribution < 1.29 is 19.0 Å². The Bertz CT molecular complexity index is 479. The highest BCUT2D eigenvalue weighted by molar-refractivity contribution is 9.10. The van der Waals surface area contributed by atoms with Crippen molar-refractivity contribution in [3.8, 4) is 0 Å². The number of halogens is 2. The lowest BCUT2D eigenvalue weighted by atomic mass is 10.0. The van der Waals surface area contributed by atoms with Crippen molar-refractivity contribution in [2.45, 2.75) is 31.9 Å². The summed E-state index contributed by atoms with van der Waals surface area (Å²) in [6, 6.07) is 4.48. The number of nitrogens with one attached hydrogen (secondary N) is 1. The number of methoxy groups -OCH3 is 1. The van der Waals surface area contributed by atoms with Crippen LogP contribution in [0.3, 0.4) is 0 Å². The number of rotatable bonds is 6. The average molecular weight is 348 g/mol. The summed E-state index contributed by atoms with van der Waals surface area (Å²) < 4.78 is 19.1. The maximum Gasteiger partial charge on any atom is 0.254 e. The molecular formula is C14H19BrFNO3. The van der Waals surface area contributed by atoms with E-state index in [1.54, 1.807) is 19.1 Å². The van der Waals surface area contributed by atoms with Crippen LogP contribution in [0.15, 0.2) is 22.7 Å². The van der Waals surface area contributed by atoms with Crippen LogP contribution in [0.4, 0.5) is 4.39 Å².